The molecule has 0 unspecified atom stereocenters. The van der Waals surface area contributed by atoms with Gasteiger partial charge in [-0.2, -0.15) is 0 Å². The van der Waals surface area contributed by atoms with Gasteiger partial charge >= 0.3 is 0 Å². The lowest BCUT2D eigenvalue weighted by Gasteiger charge is -2.38. The van der Waals surface area contributed by atoms with Crippen molar-refractivity contribution in [2.45, 2.75) is 51.9 Å². The highest BCUT2D eigenvalue weighted by atomic mass is 16.5. The highest BCUT2D eigenvalue weighted by Gasteiger charge is 2.29. The van der Waals surface area contributed by atoms with Gasteiger partial charge < -0.3 is 10.1 Å². The zero-order chi connectivity index (χ0) is 16.1. The van der Waals surface area contributed by atoms with Crippen LogP contribution in [-0.4, -0.2) is 48.7 Å². The first-order valence-electron chi connectivity index (χ1n) is 8.19. The fourth-order valence-electron chi connectivity index (χ4n) is 3.00. The quantitative estimate of drug-likeness (QED) is 0.908. The number of hydrogen-bond donors (Lipinski definition) is 1. The number of amides is 1. The molecule has 122 valence electrons. The average molecular weight is 304 g/mol. The predicted octanol–water partition coefficient (Wildman–Crippen LogP) is 2.40. The van der Waals surface area contributed by atoms with Gasteiger partial charge in [0.2, 0.25) is 5.91 Å². The van der Waals surface area contributed by atoms with Crippen LogP contribution in [0.5, 0.6) is 0 Å². The molecular formula is C18H28N2O2. The van der Waals surface area contributed by atoms with Gasteiger partial charge in [0.15, 0.2) is 0 Å². The first-order chi connectivity index (χ1) is 10.5. The summed E-state index contributed by atoms with van der Waals surface area (Å²) < 4.78 is 5.73. The van der Waals surface area contributed by atoms with Crippen LogP contribution in [-0.2, 0) is 9.53 Å². The van der Waals surface area contributed by atoms with E-state index in [0.29, 0.717) is 12.5 Å². The van der Waals surface area contributed by atoms with E-state index in [-0.39, 0.29) is 24.2 Å². The molecule has 4 heteroatoms. The summed E-state index contributed by atoms with van der Waals surface area (Å²) in [5, 5.41) is 3.09. The Morgan fingerprint density at radius 2 is 1.82 bits per heavy atom. The monoisotopic (exact) mass is 304 g/mol. The average Bonchev–Trinajstić information content (AvgIpc) is 2.51. The van der Waals surface area contributed by atoms with Crippen LogP contribution in [0.15, 0.2) is 30.3 Å². The molecule has 1 aromatic carbocycles. The first kappa shape index (κ1) is 17.0. The maximum absolute atomic E-state index is 12.4. The molecule has 4 atom stereocenters. The molecule has 1 aliphatic heterocycles. The fraction of sp³-hybridized carbons (Fsp3) is 0.611. The first-order valence-corrected chi connectivity index (χ1v) is 8.19. The molecule has 1 fully saturated rings. The van der Waals surface area contributed by atoms with Crippen LogP contribution < -0.4 is 5.32 Å². The number of rotatable bonds is 5. The van der Waals surface area contributed by atoms with E-state index >= 15 is 0 Å². The van der Waals surface area contributed by atoms with Crippen LogP contribution in [0, 0.1) is 0 Å². The van der Waals surface area contributed by atoms with E-state index in [1.807, 2.05) is 25.1 Å². The van der Waals surface area contributed by atoms with E-state index in [9.17, 15) is 4.79 Å². The Bertz CT molecular complexity index is 467. The molecule has 0 bridgehead atoms. The van der Waals surface area contributed by atoms with Gasteiger partial charge in [0.1, 0.15) is 0 Å². The highest BCUT2D eigenvalue weighted by Crippen LogP contribution is 2.15. The molecule has 1 N–H and O–H groups in total. The maximum atomic E-state index is 12.4. The molecule has 1 aliphatic rings. The Labute approximate surface area is 133 Å². The molecule has 0 aliphatic carbocycles. The lowest BCUT2D eigenvalue weighted by Crippen LogP contribution is -2.54. The summed E-state index contributed by atoms with van der Waals surface area (Å²) in [5.41, 5.74) is 1.25. The Morgan fingerprint density at radius 3 is 2.41 bits per heavy atom. The van der Waals surface area contributed by atoms with Crippen molar-refractivity contribution in [3.8, 4) is 0 Å². The van der Waals surface area contributed by atoms with E-state index in [2.05, 4.69) is 43.1 Å². The number of ether oxygens (including phenoxy) is 1. The fourth-order valence-corrected chi connectivity index (χ4v) is 3.00. The van der Waals surface area contributed by atoms with Crippen molar-refractivity contribution >= 4 is 5.91 Å². The molecule has 2 rings (SSSR count). The number of nitrogens with one attached hydrogen (secondary N) is 1. The molecule has 22 heavy (non-hydrogen) atoms. The lowest BCUT2D eigenvalue weighted by atomic mass is 10.0. The lowest BCUT2D eigenvalue weighted by molar-refractivity contribution is -0.131. The summed E-state index contributed by atoms with van der Waals surface area (Å²) in [6.07, 6.45) is 0.365. The van der Waals surface area contributed by atoms with Gasteiger partial charge in [-0.3, -0.25) is 9.69 Å². The number of carbonyl (C=O) groups is 1. The Kier molecular flexibility index (Phi) is 5.98. The molecule has 1 saturated heterocycles. The molecule has 1 aromatic rings. The van der Waals surface area contributed by atoms with Crippen LogP contribution >= 0.6 is 0 Å². The minimum Gasteiger partial charge on any atom is -0.373 e. The van der Waals surface area contributed by atoms with Crippen LogP contribution in [0.25, 0.3) is 0 Å². The van der Waals surface area contributed by atoms with E-state index < -0.39 is 0 Å². The number of morpholine rings is 1. The third-order valence-electron chi connectivity index (χ3n) is 4.33. The second-order valence-electron chi connectivity index (χ2n) is 6.44. The SMILES string of the molecule is C[C@@H]1CN([C@H](C)C(=O)NC[C@@H](C)c2ccccc2)C[C@@H](C)O1. The molecular weight excluding hydrogens is 276 g/mol. The van der Waals surface area contributed by atoms with Crippen molar-refractivity contribution in [1.29, 1.82) is 0 Å². The van der Waals surface area contributed by atoms with Gasteiger partial charge in [-0.1, -0.05) is 37.3 Å². The van der Waals surface area contributed by atoms with E-state index in [1.54, 1.807) is 0 Å². The summed E-state index contributed by atoms with van der Waals surface area (Å²) in [4.78, 5) is 14.6. The molecule has 4 nitrogen and oxygen atoms in total. The molecule has 1 heterocycles. The number of hydrogen-bond acceptors (Lipinski definition) is 3. The minimum absolute atomic E-state index is 0.101. The zero-order valence-corrected chi connectivity index (χ0v) is 14.1. The minimum atomic E-state index is -0.114. The molecule has 0 spiro atoms. The van der Waals surface area contributed by atoms with E-state index in [4.69, 9.17) is 4.74 Å². The maximum Gasteiger partial charge on any atom is 0.237 e. The van der Waals surface area contributed by atoms with Gasteiger partial charge in [0.05, 0.1) is 18.2 Å². The van der Waals surface area contributed by atoms with Crippen molar-refractivity contribution in [1.82, 2.24) is 10.2 Å². The van der Waals surface area contributed by atoms with Gasteiger partial charge in [-0.05, 0) is 32.3 Å². The Morgan fingerprint density at radius 1 is 1.23 bits per heavy atom. The van der Waals surface area contributed by atoms with Crippen LogP contribution in [0.1, 0.15) is 39.2 Å². The predicted molar refractivity (Wildman–Crippen MR) is 88.9 cm³/mol. The Hall–Kier alpha value is -1.39. The van der Waals surface area contributed by atoms with Crippen LogP contribution in [0.2, 0.25) is 0 Å². The zero-order valence-electron chi connectivity index (χ0n) is 14.1. The van der Waals surface area contributed by atoms with Crippen LogP contribution in [0.3, 0.4) is 0 Å². The summed E-state index contributed by atoms with van der Waals surface area (Å²) in [7, 11) is 0. The van der Waals surface area contributed by atoms with Gasteiger partial charge in [-0.25, -0.2) is 0 Å². The topological polar surface area (TPSA) is 41.6 Å². The van der Waals surface area contributed by atoms with Gasteiger partial charge in [0.25, 0.3) is 0 Å². The summed E-state index contributed by atoms with van der Waals surface area (Å²) in [6, 6.07) is 10.2. The third-order valence-corrected chi connectivity index (χ3v) is 4.33. The summed E-state index contributed by atoms with van der Waals surface area (Å²) in [6.45, 7) is 10.5. The largest absolute Gasteiger partial charge is 0.373 e. The van der Waals surface area contributed by atoms with Crippen molar-refractivity contribution < 1.29 is 9.53 Å². The number of nitrogens with zero attached hydrogens (tertiary/aromatic N) is 1. The second-order valence-corrected chi connectivity index (χ2v) is 6.44. The normalized spacial score (nSPS) is 25.5. The van der Waals surface area contributed by atoms with Crippen molar-refractivity contribution in [2.24, 2.45) is 0 Å². The summed E-state index contributed by atoms with van der Waals surface area (Å²) in [5.74, 6) is 0.420. The smallest absolute Gasteiger partial charge is 0.237 e. The van der Waals surface area contributed by atoms with Gasteiger partial charge in [-0.15, -0.1) is 0 Å². The van der Waals surface area contributed by atoms with Crippen LogP contribution in [0.4, 0.5) is 0 Å². The standard InChI is InChI=1S/C18H28N2O2/c1-13(17-8-6-5-7-9-17)10-19-18(21)16(4)20-11-14(2)22-15(3)12-20/h5-9,13-16H,10-12H2,1-4H3,(H,19,21)/t13-,14-,15-,16-/m1/s1. The number of carbonyl (C=O) groups excluding carboxylic acids is 1. The van der Waals surface area contributed by atoms with E-state index in [1.165, 1.54) is 5.56 Å². The van der Waals surface area contributed by atoms with Crippen molar-refractivity contribution in [2.75, 3.05) is 19.6 Å². The molecule has 1 amide bonds. The third kappa shape index (κ3) is 4.55. The molecule has 0 aromatic heterocycles. The number of benzene rings is 1. The molecule has 0 saturated carbocycles. The molecule has 0 radical (unpaired) electrons. The second kappa shape index (κ2) is 7.75. The Balaban J connectivity index is 1.84. The summed E-state index contributed by atoms with van der Waals surface area (Å²) >= 11 is 0. The van der Waals surface area contributed by atoms with Crippen molar-refractivity contribution in [3.05, 3.63) is 35.9 Å². The van der Waals surface area contributed by atoms with Gasteiger partial charge in [0, 0.05) is 19.6 Å². The van der Waals surface area contributed by atoms with Crippen molar-refractivity contribution in [3.63, 3.8) is 0 Å². The highest BCUT2D eigenvalue weighted by molar-refractivity contribution is 5.81. The van der Waals surface area contributed by atoms with E-state index in [0.717, 1.165) is 13.1 Å².